The molecule has 5 heteroatoms. The summed E-state index contributed by atoms with van der Waals surface area (Å²) in [5.74, 6) is 1.65. The molecule has 4 rings (SSSR count). The van der Waals surface area contributed by atoms with E-state index in [0.717, 1.165) is 37.6 Å². The molecule has 1 N–H and O–H groups in total. The fourth-order valence-electron chi connectivity index (χ4n) is 4.44. The van der Waals surface area contributed by atoms with Gasteiger partial charge < -0.3 is 19.3 Å². The number of methoxy groups -OCH3 is 1. The molecule has 28 heavy (non-hydrogen) atoms. The summed E-state index contributed by atoms with van der Waals surface area (Å²) in [6.45, 7) is 10.9. The molecule has 1 aromatic rings. The molecule has 2 aliphatic heterocycles. The van der Waals surface area contributed by atoms with E-state index >= 15 is 0 Å². The minimum absolute atomic E-state index is 0.137. The number of hydrogen-bond donors (Lipinski definition) is 1. The van der Waals surface area contributed by atoms with Crippen LogP contribution >= 0.6 is 0 Å². The van der Waals surface area contributed by atoms with Crippen LogP contribution in [0.5, 0.6) is 11.5 Å². The Kier molecular flexibility index (Phi) is 5.13. The molecule has 1 saturated carbocycles. The molecule has 0 amide bonds. The van der Waals surface area contributed by atoms with Gasteiger partial charge in [-0.2, -0.15) is 0 Å². The third-order valence-corrected chi connectivity index (χ3v) is 6.39. The highest BCUT2D eigenvalue weighted by Crippen LogP contribution is 2.47. The second-order valence-corrected chi connectivity index (χ2v) is 10.1. The Morgan fingerprint density at radius 3 is 2.61 bits per heavy atom. The first-order valence-electron chi connectivity index (χ1n) is 10.6. The highest BCUT2D eigenvalue weighted by molar-refractivity contribution is 5.49. The van der Waals surface area contributed by atoms with Gasteiger partial charge in [0.2, 0.25) is 0 Å². The average Bonchev–Trinajstić information content (AvgIpc) is 3.36. The van der Waals surface area contributed by atoms with Gasteiger partial charge in [-0.25, -0.2) is 0 Å². The molecular formula is C23H35NO4. The summed E-state index contributed by atoms with van der Waals surface area (Å²) in [6, 6.07) is 4.51. The summed E-state index contributed by atoms with van der Waals surface area (Å²) in [7, 11) is 1.71. The van der Waals surface area contributed by atoms with Crippen LogP contribution in [0, 0.1) is 5.41 Å². The number of fused-ring (bicyclic) bond motifs is 3. The SMILES string of the molecule is COc1cc2c(cc1OCC1(C)CC1)CCN1CC(OC(C)(C)C)C(O)CC21. The van der Waals surface area contributed by atoms with Gasteiger partial charge >= 0.3 is 0 Å². The maximum absolute atomic E-state index is 10.8. The van der Waals surface area contributed by atoms with Crippen LogP contribution in [0.15, 0.2) is 12.1 Å². The van der Waals surface area contributed by atoms with E-state index in [-0.39, 0.29) is 17.7 Å². The molecular weight excluding hydrogens is 354 g/mol. The van der Waals surface area contributed by atoms with Crippen molar-refractivity contribution in [2.24, 2.45) is 5.41 Å². The van der Waals surface area contributed by atoms with Crippen LogP contribution in [0.1, 0.15) is 64.1 Å². The van der Waals surface area contributed by atoms with Gasteiger partial charge in [-0.3, -0.25) is 4.90 Å². The Balaban J connectivity index is 1.54. The predicted molar refractivity (Wildman–Crippen MR) is 109 cm³/mol. The Morgan fingerprint density at radius 2 is 1.96 bits per heavy atom. The number of benzene rings is 1. The fourth-order valence-corrected chi connectivity index (χ4v) is 4.44. The van der Waals surface area contributed by atoms with Crippen LogP contribution in [0.3, 0.4) is 0 Å². The van der Waals surface area contributed by atoms with Gasteiger partial charge in [-0.05, 0) is 69.7 Å². The first-order chi connectivity index (χ1) is 13.2. The van der Waals surface area contributed by atoms with Crippen molar-refractivity contribution in [1.82, 2.24) is 4.90 Å². The van der Waals surface area contributed by atoms with Gasteiger partial charge in [0.1, 0.15) is 0 Å². The quantitative estimate of drug-likeness (QED) is 0.832. The summed E-state index contributed by atoms with van der Waals surface area (Å²) >= 11 is 0. The smallest absolute Gasteiger partial charge is 0.161 e. The summed E-state index contributed by atoms with van der Waals surface area (Å²) in [5.41, 5.74) is 2.68. The third kappa shape index (κ3) is 4.17. The van der Waals surface area contributed by atoms with Gasteiger partial charge in [-0.15, -0.1) is 0 Å². The number of rotatable bonds is 5. The Hall–Kier alpha value is -1.30. The number of aliphatic hydroxyl groups is 1. The standard InChI is InChI=1S/C23H35NO4/c1-22(2,3)28-21-13-24-9-6-15-10-20(27-14-23(4)7-8-23)19(26-5)11-16(15)17(24)12-18(21)25/h10-11,17-18,21,25H,6-9,12-14H2,1-5H3. The van der Waals surface area contributed by atoms with Crippen molar-refractivity contribution < 1.29 is 19.3 Å². The highest BCUT2D eigenvalue weighted by atomic mass is 16.5. The van der Waals surface area contributed by atoms with Crippen molar-refractivity contribution in [3.05, 3.63) is 23.3 Å². The lowest BCUT2D eigenvalue weighted by Gasteiger charge is -2.46. The maximum atomic E-state index is 10.8. The van der Waals surface area contributed by atoms with E-state index in [1.54, 1.807) is 7.11 Å². The van der Waals surface area contributed by atoms with E-state index in [0.29, 0.717) is 11.8 Å². The van der Waals surface area contributed by atoms with Crippen molar-refractivity contribution >= 4 is 0 Å². The maximum Gasteiger partial charge on any atom is 0.161 e. The van der Waals surface area contributed by atoms with E-state index in [1.807, 2.05) is 20.8 Å². The molecule has 0 spiro atoms. The number of piperidine rings is 1. The van der Waals surface area contributed by atoms with Gasteiger partial charge in [0, 0.05) is 24.5 Å². The molecule has 1 aliphatic carbocycles. The molecule has 0 radical (unpaired) electrons. The Bertz CT molecular complexity index is 722. The number of ether oxygens (including phenoxy) is 3. The third-order valence-electron chi connectivity index (χ3n) is 6.39. The van der Waals surface area contributed by atoms with Crippen molar-refractivity contribution in [1.29, 1.82) is 0 Å². The predicted octanol–water partition coefficient (Wildman–Crippen LogP) is 3.72. The molecule has 3 unspecified atom stereocenters. The molecule has 0 bridgehead atoms. The van der Waals surface area contributed by atoms with Crippen LogP contribution in [0.25, 0.3) is 0 Å². The van der Waals surface area contributed by atoms with E-state index in [1.165, 1.54) is 24.0 Å². The van der Waals surface area contributed by atoms with Crippen LogP contribution in [-0.4, -0.2) is 54.6 Å². The van der Waals surface area contributed by atoms with Gasteiger partial charge in [0.05, 0.1) is 31.5 Å². The molecule has 1 saturated heterocycles. The fraction of sp³-hybridized carbons (Fsp3) is 0.739. The van der Waals surface area contributed by atoms with Crippen LogP contribution in [0.4, 0.5) is 0 Å². The molecule has 0 aromatic heterocycles. The second-order valence-electron chi connectivity index (χ2n) is 10.1. The van der Waals surface area contributed by atoms with Crippen molar-refractivity contribution in [2.75, 3.05) is 26.8 Å². The molecule has 2 heterocycles. The zero-order valence-corrected chi connectivity index (χ0v) is 18.0. The van der Waals surface area contributed by atoms with Gasteiger partial charge in [0.25, 0.3) is 0 Å². The summed E-state index contributed by atoms with van der Waals surface area (Å²) in [5, 5.41) is 10.8. The number of nitrogens with zero attached hydrogens (tertiary/aromatic N) is 1. The number of aliphatic hydroxyl groups excluding tert-OH is 1. The van der Waals surface area contributed by atoms with Gasteiger partial charge in [0.15, 0.2) is 11.5 Å². The molecule has 5 nitrogen and oxygen atoms in total. The summed E-state index contributed by atoms with van der Waals surface area (Å²) in [4.78, 5) is 2.46. The molecule has 3 atom stereocenters. The second kappa shape index (κ2) is 7.19. The summed E-state index contributed by atoms with van der Waals surface area (Å²) < 4.78 is 17.9. The minimum Gasteiger partial charge on any atom is -0.493 e. The van der Waals surface area contributed by atoms with E-state index in [4.69, 9.17) is 14.2 Å². The lowest BCUT2D eigenvalue weighted by atomic mass is 9.84. The van der Waals surface area contributed by atoms with E-state index in [2.05, 4.69) is 24.0 Å². The lowest BCUT2D eigenvalue weighted by molar-refractivity contribution is -0.149. The van der Waals surface area contributed by atoms with E-state index < -0.39 is 6.10 Å². The van der Waals surface area contributed by atoms with Crippen molar-refractivity contribution in [3.63, 3.8) is 0 Å². The van der Waals surface area contributed by atoms with Crippen LogP contribution < -0.4 is 9.47 Å². The number of hydrogen-bond acceptors (Lipinski definition) is 5. The first-order valence-corrected chi connectivity index (χ1v) is 10.6. The van der Waals surface area contributed by atoms with Crippen LogP contribution in [0.2, 0.25) is 0 Å². The van der Waals surface area contributed by atoms with Crippen molar-refractivity contribution in [3.8, 4) is 11.5 Å². The monoisotopic (exact) mass is 389 g/mol. The first kappa shape index (κ1) is 20.0. The molecule has 3 aliphatic rings. The van der Waals surface area contributed by atoms with Crippen molar-refractivity contribution in [2.45, 2.75) is 77.2 Å². The Labute approximate surface area is 169 Å². The molecule has 1 aromatic carbocycles. The normalized spacial score (nSPS) is 29.0. The lowest BCUT2D eigenvalue weighted by Crippen LogP contribution is -2.53. The average molecular weight is 390 g/mol. The van der Waals surface area contributed by atoms with E-state index in [9.17, 15) is 5.11 Å². The Morgan fingerprint density at radius 1 is 1.21 bits per heavy atom. The highest BCUT2D eigenvalue weighted by Gasteiger charge is 2.41. The summed E-state index contributed by atoms with van der Waals surface area (Å²) in [6.07, 6.45) is 3.57. The zero-order valence-electron chi connectivity index (χ0n) is 18.0. The molecule has 156 valence electrons. The van der Waals surface area contributed by atoms with Crippen LogP contribution in [-0.2, 0) is 11.2 Å². The molecule has 2 fully saturated rings. The minimum atomic E-state index is -0.455. The zero-order chi connectivity index (χ0) is 20.1. The largest absolute Gasteiger partial charge is 0.493 e. The van der Waals surface area contributed by atoms with Gasteiger partial charge in [-0.1, -0.05) is 6.92 Å². The topological polar surface area (TPSA) is 51.2 Å².